The lowest BCUT2D eigenvalue weighted by Crippen LogP contribution is -2.57. The van der Waals surface area contributed by atoms with Crippen LogP contribution in [-0.2, 0) is 17.8 Å². The summed E-state index contributed by atoms with van der Waals surface area (Å²) in [7, 11) is 0. The number of hydrogen-bond donors (Lipinski definition) is 1. The number of halogens is 1. The van der Waals surface area contributed by atoms with Crippen LogP contribution in [0.2, 0.25) is 0 Å². The summed E-state index contributed by atoms with van der Waals surface area (Å²) in [5, 5.41) is 3.09. The fourth-order valence-electron chi connectivity index (χ4n) is 5.43. The average molecular weight is 480 g/mol. The molecule has 0 bridgehead atoms. The van der Waals surface area contributed by atoms with Crippen molar-refractivity contribution in [2.45, 2.75) is 64.5 Å². The zero-order valence-corrected chi connectivity index (χ0v) is 20.8. The van der Waals surface area contributed by atoms with Gasteiger partial charge in [-0.3, -0.25) is 14.5 Å². The Morgan fingerprint density at radius 3 is 2.20 bits per heavy atom. The van der Waals surface area contributed by atoms with Crippen molar-refractivity contribution in [1.82, 2.24) is 15.1 Å². The van der Waals surface area contributed by atoms with Crippen molar-refractivity contribution in [3.05, 3.63) is 71.0 Å². The fourth-order valence-corrected chi connectivity index (χ4v) is 5.43. The smallest absolute Gasteiger partial charge is 0.253 e. The van der Waals surface area contributed by atoms with Crippen LogP contribution in [0.25, 0.3) is 0 Å². The number of nitrogens with zero attached hydrogens (tertiary/aromatic N) is 2. The van der Waals surface area contributed by atoms with Crippen molar-refractivity contribution in [3.63, 3.8) is 0 Å². The summed E-state index contributed by atoms with van der Waals surface area (Å²) in [6.07, 6.45) is 7.84. The molecule has 2 aromatic carbocycles. The van der Waals surface area contributed by atoms with E-state index in [2.05, 4.69) is 29.3 Å². The van der Waals surface area contributed by atoms with Crippen molar-refractivity contribution in [1.29, 1.82) is 0 Å². The maximum atomic E-state index is 13.3. The number of rotatable bonds is 9. The highest BCUT2D eigenvalue weighted by Gasteiger charge is 2.37. The van der Waals surface area contributed by atoms with Gasteiger partial charge in [-0.2, -0.15) is 0 Å². The quantitative estimate of drug-likeness (QED) is 0.562. The van der Waals surface area contributed by atoms with Gasteiger partial charge < -0.3 is 10.2 Å². The summed E-state index contributed by atoms with van der Waals surface area (Å²) in [5.74, 6) is 0.193. The molecule has 1 heterocycles. The molecule has 1 N–H and O–H groups in total. The van der Waals surface area contributed by atoms with Gasteiger partial charge in [0.1, 0.15) is 5.82 Å². The first kappa shape index (κ1) is 25.4. The number of carbonyl (C=O) groups excluding carboxylic acids is 2. The fraction of sp³-hybridized carbons (Fsp3) is 0.517. The second kappa shape index (κ2) is 12.3. The Balaban J connectivity index is 1.34. The maximum Gasteiger partial charge on any atom is 0.253 e. The van der Waals surface area contributed by atoms with E-state index in [1.807, 2.05) is 17.0 Å². The third-order valence-electron chi connectivity index (χ3n) is 7.51. The second-order valence-corrected chi connectivity index (χ2v) is 9.96. The molecule has 1 saturated carbocycles. The lowest BCUT2D eigenvalue weighted by molar-refractivity contribution is -0.129. The van der Waals surface area contributed by atoms with Crippen molar-refractivity contribution in [2.75, 3.05) is 26.2 Å². The predicted molar refractivity (Wildman–Crippen MR) is 137 cm³/mol. The van der Waals surface area contributed by atoms with Crippen LogP contribution in [0.5, 0.6) is 0 Å². The van der Waals surface area contributed by atoms with Gasteiger partial charge >= 0.3 is 0 Å². The number of benzene rings is 2. The highest BCUT2D eigenvalue weighted by molar-refractivity contribution is 5.94. The van der Waals surface area contributed by atoms with Gasteiger partial charge in [-0.1, -0.05) is 50.5 Å². The van der Waals surface area contributed by atoms with Gasteiger partial charge in [0, 0.05) is 38.3 Å². The van der Waals surface area contributed by atoms with E-state index in [1.54, 1.807) is 12.1 Å². The van der Waals surface area contributed by atoms with E-state index in [0.717, 1.165) is 43.2 Å². The Bertz CT molecular complexity index is 962. The topological polar surface area (TPSA) is 52.7 Å². The van der Waals surface area contributed by atoms with Crippen LogP contribution in [0, 0.1) is 11.7 Å². The number of unbranched alkanes of at least 4 members (excludes halogenated alkanes) is 1. The van der Waals surface area contributed by atoms with Gasteiger partial charge in [0.25, 0.3) is 5.91 Å². The van der Waals surface area contributed by atoms with Gasteiger partial charge in [-0.15, -0.1) is 0 Å². The van der Waals surface area contributed by atoms with Crippen LogP contribution in [-0.4, -0.2) is 53.8 Å². The van der Waals surface area contributed by atoms with Crippen molar-refractivity contribution >= 4 is 11.8 Å². The number of carbonyl (C=O) groups is 2. The third kappa shape index (κ3) is 6.69. The first-order valence-corrected chi connectivity index (χ1v) is 13.2. The number of amides is 2. The highest BCUT2D eigenvalue weighted by Crippen LogP contribution is 2.31. The van der Waals surface area contributed by atoms with E-state index in [9.17, 15) is 14.0 Å². The Morgan fingerprint density at radius 1 is 0.943 bits per heavy atom. The molecule has 1 aliphatic heterocycles. The Hall–Kier alpha value is -2.73. The number of nitrogens with one attached hydrogen (secondary N) is 1. The Morgan fingerprint density at radius 2 is 1.57 bits per heavy atom. The van der Waals surface area contributed by atoms with Crippen LogP contribution < -0.4 is 5.32 Å². The molecule has 0 radical (unpaired) electrons. The van der Waals surface area contributed by atoms with E-state index in [4.69, 9.17) is 0 Å². The Labute approximate surface area is 208 Å². The maximum absolute atomic E-state index is 13.3. The second-order valence-electron chi connectivity index (χ2n) is 9.96. The number of piperazine rings is 1. The molecule has 4 rings (SSSR count). The zero-order valence-electron chi connectivity index (χ0n) is 20.8. The number of hydrogen-bond acceptors (Lipinski definition) is 3. The molecule has 0 spiro atoms. The molecule has 0 aromatic heterocycles. The predicted octanol–water partition coefficient (Wildman–Crippen LogP) is 4.80. The highest BCUT2D eigenvalue weighted by atomic mass is 19.1. The summed E-state index contributed by atoms with van der Waals surface area (Å²) in [6, 6.07) is 14.1. The van der Waals surface area contributed by atoms with E-state index in [1.165, 1.54) is 30.5 Å². The van der Waals surface area contributed by atoms with Gasteiger partial charge in [0.05, 0.1) is 6.04 Å². The summed E-state index contributed by atoms with van der Waals surface area (Å²) in [5.41, 5.74) is 2.91. The van der Waals surface area contributed by atoms with Crippen molar-refractivity contribution < 1.29 is 14.0 Å². The van der Waals surface area contributed by atoms with E-state index >= 15 is 0 Å². The first-order chi connectivity index (χ1) is 17.0. The Kier molecular flexibility index (Phi) is 8.91. The molecule has 1 unspecified atom stereocenters. The van der Waals surface area contributed by atoms with Crippen molar-refractivity contribution in [3.8, 4) is 0 Å². The molecule has 2 fully saturated rings. The summed E-state index contributed by atoms with van der Waals surface area (Å²) in [4.78, 5) is 30.6. The summed E-state index contributed by atoms with van der Waals surface area (Å²) >= 11 is 0. The van der Waals surface area contributed by atoms with Crippen molar-refractivity contribution in [2.24, 2.45) is 5.92 Å². The van der Waals surface area contributed by atoms with Crippen LogP contribution in [0.15, 0.2) is 48.5 Å². The molecule has 35 heavy (non-hydrogen) atoms. The molecule has 2 amide bonds. The SMILES string of the molecule is CCCCc1ccc(C(=O)N2CCN(C(C(=O)NCc3ccc(F)cc3)C3CCCC3)CC2)cc1. The molecule has 2 aliphatic rings. The molecule has 1 atom stereocenters. The molecular weight excluding hydrogens is 441 g/mol. The molecule has 5 nitrogen and oxygen atoms in total. The minimum atomic E-state index is -0.274. The minimum Gasteiger partial charge on any atom is -0.351 e. The largest absolute Gasteiger partial charge is 0.351 e. The van der Waals surface area contributed by atoms with E-state index < -0.39 is 0 Å². The van der Waals surface area contributed by atoms with E-state index in [-0.39, 0.29) is 23.7 Å². The third-order valence-corrected chi connectivity index (χ3v) is 7.51. The van der Waals surface area contributed by atoms with Crippen LogP contribution in [0.4, 0.5) is 4.39 Å². The van der Waals surface area contributed by atoms with E-state index in [0.29, 0.717) is 38.6 Å². The molecule has 1 aliphatic carbocycles. The normalized spacial score (nSPS) is 17.9. The van der Waals surface area contributed by atoms with Crippen LogP contribution in [0.1, 0.15) is 66.9 Å². The summed E-state index contributed by atoms with van der Waals surface area (Å²) in [6.45, 7) is 5.24. The zero-order chi connectivity index (χ0) is 24.6. The molecule has 1 saturated heterocycles. The summed E-state index contributed by atoms with van der Waals surface area (Å²) < 4.78 is 13.2. The molecular formula is C29H38FN3O2. The van der Waals surface area contributed by atoms with Crippen LogP contribution in [0.3, 0.4) is 0 Å². The first-order valence-electron chi connectivity index (χ1n) is 13.2. The van der Waals surface area contributed by atoms with Crippen LogP contribution >= 0.6 is 0 Å². The van der Waals surface area contributed by atoms with Gasteiger partial charge in [0.2, 0.25) is 5.91 Å². The standard InChI is InChI=1S/C29H38FN3O2/c1-2-3-6-22-9-13-25(14-10-22)29(35)33-19-17-32(18-20-33)27(24-7-4-5-8-24)28(34)31-21-23-11-15-26(30)16-12-23/h9-16,24,27H,2-8,17-21H2,1H3,(H,31,34). The molecule has 6 heteroatoms. The monoisotopic (exact) mass is 479 g/mol. The average Bonchev–Trinajstić information content (AvgIpc) is 3.42. The molecule has 188 valence electrons. The lowest BCUT2D eigenvalue weighted by Gasteiger charge is -2.40. The minimum absolute atomic E-state index is 0.0451. The lowest BCUT2D eigenvalue weighted by atomic mass is 9.94. The number of aryl methyl sites for hydroxylation is 1. The van der Waals surface area contributed by atoms with Gasteiger partial charge in [0.15, 0.2) is 0 Å². The molecule has 2 aromatic rings. The van der Waals surface area contributed by atoms with Gasteiger partial charge in [-0.05, 0) is 67.0 Å². The van der Waals surface area contributed by atoms with Gasteiger partial charge in [-0.25, -0.2) is 4.39 Å².